The largest absolute Gasteiger partial charge is 0.573 e. The average molecular weight is 370 g/mol. The van der Waals surface area contributed by atoms with E-state index in [0.717, 1.165) is 24.5 Å². The maximum atomic E-state index is 14.4. The van der Waals surface area contributed by atoms with Gasteiger partial charge >= 0.3 is 6.36 Å². The quantitative estimate of drug-likeness (QED) is 0.592. The first-order valence-electron chi connectivity index (χ1n) is 8.62. The molecule has 0 aromatic heterocycles. The van der Waals surface area contributed by atoms with Gasteiger partial charge in [-0.25, -0.2) is 8.78 Å². The molecular formula is C20H19F5O. The van der Waals surface area contributed by atoms with Crippen molar-refractivity contribution in [3.63, 3.8) is 0 Å². The highest BCUT2D eigenvalue weighted by Gasteiger charge is 2.34. The molecule has 0 bridgehead atoms. The van der Waals surface area contributed by atoms with E-state index in [1.807, 2.05) is 13.0 Å². The minimum absolute atomic E-state index is 0.119. The number of alkyl halides is 3. The van der Waals surface area contributed by atoms with Gasteiger partial charge in [-0.1, -0.05) is 31.5 Å². The van der Waals surface area contributed by atoms with Crippen LogP contribution in [0, 0.1) is 11.6 Å². The number of halogens is 5. The summed E-state index contributed by atoms with van der Waals surface area (Å²) < 4.78 is 69.5. The van der Waals surface area contributed by atoms with Crippen LogP contribution in [0.4, 0.5) is 22.0 Å². The molecule has 0 aliphatic heterocycles. The zero-order valence-corrected chi connectivity index (χ0v) is 14.3. The van der Waals surface area contributed by atoms with Crippen LogP contribution in [-0.4, -0.2) is 6.36 Å². The minimum Gasteiger partial charge on any atom is -0.403 e. The number of benzene rings is 2. The van der Waals surface area contributed by atoms with E-state index in [1.54, 1.807) is 6.07 Å². The summed E-state index contributed by atoms with van der Waals surface area (Å²) in [7, 11) is 0. The third kappa shape index (κ3) is 4.00. The molecule has 0 radical (unpaired) electrons. The predicted molar refractivity (Wildman–Crippen MR) is 88.2 cm³/mol. The van der Waals surface area contributed by atoms with E-state index in [9.17, 15) is 22.0 Å². The molecule has 0 spiro atoms. The summed E-state index contributed by atoms with van der Waals surface area (Å²) in [4.78, 5) is 0. The lowest BCUT2D eigenvalue weighted by Gasteiger charge is -2.26. The van der Waals surface area contributed by atoms with Gasteiger partial charge in [0.25, 0.3) is 0 Å². The molecule has 0 amide bonds. The third-order valence-corrected chi connectivity index (χ3v) is 4.78. The predicted octanol–water partition coefficient (Wildman–Crippen LogP) is 6.09. The van der Waals surface area contributed by atoms with E-state index in [1.165, 1.54) is 12.1 Å². The third-order valence-electron chi connectivity index (χ3n) is 4.78. The number of hydrogen-bond acceptors (Lipinski definition) is 1. The smallest absolute Gasteiger partial charge is 0.403 e. The first-order valence-corrected chi connectivity index (χ1v) is 8.62. The summed E-state index contributed by atoms with van der Waals surface area (Å²) in [5.74, 6) is -2.18. The van der Waals surface area contributed by atoms with Crippen molar-refractivity contribution >= 4 is 0 Å². The summed E-state index contributed by atoms with van der Waals surface area (Å²) in [5.41, 5.74) is 2.34. The van der Waals surface area contributed by atoms with Crippen LogP contribution in [-0.2, 0) is 19.3 Å². The fourth-order valence-corrected chi connectivity index (χ4v) is 3.60. The molecule has 0 N–H and O–H groups in total. The highest BCUT2D eigenvalue weighted by Crippen LogP contribution is 2.38. The molecule has 0 fully saturated rings. The number of hydrogen-bond donors (Lipinski definition) is 0. The van der Waals surface area contributed by atoms with Crippen LogP contribution < -0.4 is 4.74 Å². The molecular weight excluding hydrogens is 351 g/mol. The van der Waals surface area contributed by atoms with E-state index in [4.69, 9.17) is 0 Å². The van der Waals surface area contributed by atoms with Gasteiger partial charge in [-0.15, -0.1) is 13.2 Å². The van der Waals surface area contributed by atoms with E-state index in [-0.39, 0.29) is 23.7 Å². The standard InChI is InChI=1S/C20H19F5O/c1-2-3-12-4-7-15(17(21)10-12)13-5-8-16-14(11-13)6-9-18(19(16)22)26-20(23,24)25/h4,6-7,9-10,13H,2-3,5,8,11H2,1H3. The number of fused-ring (bicyclic) bond motifs is 1. The van der Waals surface area contributed by atoms with Crippen LogP contribution in [0.25, 0.3) is 0 Å². The molecule has 1 unspecified atom stereocenters. The van der Waals surface area contributed by atoms with Crippen LogP contribution in [0.5, 0.6) is 5.75 Å². The maximum Gasteiger partial charge on any atom is 0.573 e. The molecule has 3 rings (SSSR count). The van der Waals surface area contributed by atoms with E-state index in [0.29, 0.717) is 24.0 Å². The molecule has 2 aromatic carbocycles. The normalized spacial score (nSPS) is 17.1. The van der Waals surface area contributed by atoms with Crippen molar-refractivity contribution in [2.75, 3.05) is 0 Å². The van der Waals surface area contributed by atoms with Crippen molar-refractivity contribution in [3.05, 3.63) is 64.2 Å². The van der Waals surface area contributed by atoms with Crippen LogP contribution in [0.3, 0.4) is 0 Å². The van der Waals surface area contributed by atoms with Crippen molar-refractivity contribution in [3.8, 4) is 5.75 Å². The van der Waals surface area contributed by atoms with Crippen LogP contribution in [0.1, 0.15) is 47.9 Å². The molecule has 6 heteroatoms. The Morgan fingerprint density at radius 1 is 1.12 bits per heavy atom. The van der Waals surface area contributed by atoms with Crippen molar-refractivity contribution in [2.45, 2.75) is 51.3 Å². The first-order chi connectivity index (χ1) is 12.3. The van der Waals surface area contributed by atoms with Crippen molar-refractivity contribution in [1.29, 1.82) is 0 Å². The molecule has 0 saturated heterocycles. The first kappa shape index (κ1) is 18.7. The minimum atomic E-state index is -4.93. The molecule has 2 aromatic rings. The summed E-state index contributed by atoms with van der Waals surface area (Å²) in [6.07, 6.45) is -2.09. The number of ether oxygens (including phenoxy) is 1. The molecule has 1 aliphatic rings. The summed E-state index contributed by atoms with van der Waals surface area (Å²) >= 11 is 0. The maximum absolute atomic E-state index is 14.4. The molecule has 0 saturated carbocycles. The second kappa shape index (κ2) is 7.25. The Bertz CT molecular complexity index is 798. The van der Waals surface area contributed by atoms with Crippen molar-refractivity contribution in [2.24, 2.45) is 0 Å². The van der Waals surface area contributed by atoms with Gasteiger partial charge in [0.2, 0.25) is 0 Å². The van der Waals surface area contributed by atoms with Crippen molar-refractivity contribution in [1.82, 2.24) is 0 Å². The molecule has 1 aliphatic carbocycles. The summed E-state index contributed by atoms with van der Waals surface area (Å²) in [6.45, 7) is 2.02. The monoisotopic (exact) mass is 370 g/mol. The Morgan fingerprint density at radius 2 is 1.88 bits per heavy atom. The summed E-state index contributed by atoms with van der Waals surface area (Å²) in [6, 6.07) is 7.64. The van der Waals surface area contributed by atoms with Gasteiger partial charge in [0.15, 0.2) is 11.6 Å². The highest BCUT2D eigenvalue weighted by atomic mass is 19.4. The molecule has 26 heavy (non-hydrogen) atoms. The second-order valence-electron chi connectivity index (χ2n) is 6.61. The van der Waals surface area contributed by atoms with Crippen LogP contribution in [0.2, 0.25) is 0 Å². The van der Waals surface area contributed by atoms with Crippen molar-refractivity contribution < 1.29 is 26.7 Å². The van der Waals surface area contributed by atoms with Gasteiger partial charge in [0, 0.05) is 0 Å². The molecule has 1 nitrogen and oxygen atoms in total. The van der Waals surface area contributed by atoms with Gasteiger partial charge in [0.05, 0.1) is 0 Å². The lowest BCUT2D eigenvalue weighted by molar-refractivity contribution is -0.275. The van der Waals surface area contributed by atoms with E-state index >= 15 is 0 Å². The Morgan fingerprint density at radius 3 is 2.54 bits per heavy atom. The Labute approximate surface area is 148 Å². The van der Waals surface area contributed by atoms with E-state index in [2.05, 4.69) is 4.74 Å². The highest BCUT2D eigenvalue weighted by molar-refractivity contribution is 5.41. The van der Waals surface area contributed by atoms with Crippen LogP contribution >= 0.6 is 0 Å². The fourth-order valence-electron chi connectivity index (χ4n) is 3.60. The number of rotatable bonds is 4. The molecule has 0 heterocycles. The zero-order valence-electron chi connectivity index (χ0n) is 14.3. The van der Waals surface area contributed by atoms with Crippen LogP contribution in [0.15, 0.2) is 30.3 Å². The number of aryl methyl sites for hydroxylation is 1. The SMILES string of the molecule is CCCc1ccc(C2CCc3c(ccc(OC(F)(F)F)c3F)C2)c(F)c1. The fraction of sp³-hybridized carbons (Fsp3) is 0.400. The Kier molecular flexibility index (Phi) is 5.21. The topological polar surface area (TPSA) is 9.23 Å². The lowest BCUT2D eigenvalue weighted by Crippen LogP contribution is -2.20. The van der Waals surface area contributed by atoms with Gasteiger partial charge in [0.1, 0.15) is 5.82 Å². The second-order valence-corrected chi connectivity index (χ2v) is 6.61. The summed E-state index contributed by atoms with van der Waals surface area (Å²) in [5, 5.41) is 0. The average Bonchev–Trinajstić information content (AvgIpc) is 2.57. The lowest BCUT2D eigenvalue weighted by atomic mass is 9.79. The van der Waals surface area contributed by atoms with Gasteiger partial charge in [-0.05, 0) is 66.0 Å². The Hall–Kier alpha value is -2.11. The van der Waals surface area contributed by atoms with Gasteiger partial charge < -0.3 is 4.74 Å². The van der Waals surface area contributed by atoms with Gasteiger partial charge in [-0.3, -0.25) is 0 Å². The van der Waals surface area contributed by atoms with Gasteiger partial charge in [-0.2, -0.15) is 0 Å². The Balaban J connectivity index is 1.83. The molecule has 1 atom stereocenters. The van der Waals surface area contributed by atoms with E-state index < -0.39 is 17.9 Å². The zero-order chi connectivity index (χ0) is 18.9. The molecule has 140 valence electrons.